The van der Waals surface area contributed by atoms with E-state index >= 15 is 0 Å². The highest BCUT2D eigenvalue weighted by Crippen LogP contribution is 2.29. The first-order valence-corrected chi connectivity index (χ1v) is 9.22. The summed E-state index contributed by atoms with van der Waals surface area (Å²) in [7, 11) is 0. The molecule has 0 aliphatic heterocycles. The third-order valence-electron chi connectivity index (χ3n) is 5.25. The molecule has 0 atom stereocenters. The Kier molecular flexibility index (Phi) is 3.77. The number of allylic oxidation sites excluding steroid dienone is 2. The Labute approximate surface area is 151 Å². The lowest BCUT2D eigenvalue weighted by Gasteiger charge is -2.14. The monoisotopic (exact) mass is 344 g/mol. The van der Waals surface area contributed by atoms with Crippen LogP contribution >= 0.6 is 0 Å². The van der Waals surface area contributed by atoms with E-state index in [-0.39, 0.29) is 0 Å². The minimum atomic E-state index is 0.832. The Morgan fingerprint density at radius 2 is 2.12 bits per heavy atom. The summed E-state index contributed by atoms with van der Waals surface area (Å²) in [6, 6.07) is 8.23. The van der Waals surface area contributed by atoms with E-state index in [0.717, 1.165) is 48.3 Å². The lowest BCUT2D eigenvalue weighted by atomic mass is 9.95. The third-order valence-corrected chi connectivity index (χ3v) is 5.25. The highest BCUT2D eigenvalue weighted by molar-refractivity contribution is 5.81. The molecule has 0 unspecified atom stereocenters. The van der Waals surface area contributed by atoms with Crippen molar-refractivity contribution < 1.29 is 4.42 Å². The van der Waals surface area contributed by atoms with E-state index in [1.165, 1.54) is 29.4 Å². The molecule has 5 rings (SSSR count). The van der Waals surface area contributed by atoms with Crippen LogP contribution in [0.25, 0.3) is 22.2 Å². The first-order valence-electron chi connectivity index (χ1n) is 9.22. The van der Waals surface area contributed by atoms with E-state index < -0.39 is 0 Å². The molecular formula is C21H20N4O. The molecule has 3 aromatic heterocycles. The lowest BCUT2D eigenvalue weighted by molar-refractivity contribution is 0.615. The van der Waals surface area contributed by atoms with Crippen LogP contribution in [0.2, 0.25) is 0 Å². The molecule has 4 aromatic rings. The summed E-state index contributed by atoms with van der Waals surface area (Å²) in [5.74, 6) is 0.991. The van der Waals surface area contributed by atoms with Gasteiger partial charge < -0.3 is 4.42 Å². The summed E-state index contributed by atoms with van der Waals surface area (Å²) in [5, 5.41) is 9.69. The maximum absolute atomic E-state index is 5.50. The van der Waals surface area contributed by atoms with Gasteiger partial charge in [-0.2, -0.15) is 0 Å². The number of rotatable bonds is 4. The van der Waals surface area contributed by atoms with E-state index in [9.17, 15) is 0 Å². The minimum Gasteiger partial charge on any atom is -0.464 e. The zero-order valence-electron chi connectivity index (χ0n) is 14.6. The van der Waals surface area contributed by atoms with E-state index in [4.69, 9.17) is 9.40 Å². The summed E-state index contributed by atoms with van der Waals surface area (Å²) in [5.41, 5.74) is 5.62. The first-order chi connectivity index (χ1) is 12.9. The first kappa shape index (κ1) is 15.3. The summed E-state index contributed by atoms with van der Waals surface area (Å²) in [4.78, 5) is 4.76. The summed E-state index contributed by atoms with van der Waals surface area (Å²) in [6.45, 7) is 0. The molecule has 1 aliphatic rings. The van der Waals surface area contributed by atoms with Gasteiger partial charge in [-0.25, -0.2) is 4.98 Å². The van der Waals surface area contributed by atoms with Crippen molar-refractivity contribution in [1.29, 1.82) is 0 Å². The number of hydrogen-bond acceptors (Lipinski definition) is 4. The molecule has 0 bridgehead atoms. The van der Waals surface area contributed by atoms with E-state index in [1.54, 1.807) is 12.6 Å². The van der Waals surface area contributed by atoms with Crippen LogP contribution in [0, 0.1) is 0 Å². The fourth-order valence-electron chi connectivity index (χ4n) is 3.88. The molecule has 26 heavy (non-hydrogen) atoms. The number of benzene rings is 1. The molecule has 3 heterocycles. The van der Waals surface area contributed by atoms with Gasteiger partial charge in [0.2, 0.25) is 0 Å². The molecule has 0 spiro atoms. The number of hydrogen-bond donors (Lipinski definition) is 0. The van der Waals surface area contributed by atoms with Gasteiger partial charge in [-0.15, -0.1) is 10.2 Å². The molecule has 0 saturated carbocycles. The van der Waals surface area contributed by atoms with Gasteiger partial charge in [-0.3, -0.25) is 4.40 Å². The van der Waals surface area contributed by atoms with Gasteiger partial charge in [-0.1, -0.05) is 18.2 Å². The molecule has 5 nitrogen and oxygen atoms in total. The van der Waals surface area contributed by atoms with Crippen molar-refractivity contribution in [3.8, 4) is 0 Å². The average Bonchev–Trinajstić information content (AvgIpc) is 3.36. The number of aromatic nitrogens is 4. The third kappa shape index (κ3) is 2.60. The van der Waals surface area contributed by atoms with Gasteiger partial charge in [0, 0.05) is 23.6 Å². The van der Waals surface area contributed by atoms with Crippen molar-refractivity contribution in [3.63, 3.8) is 0 Å². The standard InChI is InChI=1S/C21H20N4O/c1-2-5-15(6-3-1)18-13-22-20(25-14-23-24-21(18)25)10-9-16-7-4-8-19-17(16)11-12-26-19/h4-5,7-8,11-14H,1-3,6,9-10H2. The normalized spacial score (nSPS) is 14.8. The Bertz CT molecular complexity index is 1110. The molecule has 0 N–H and O–H groups in total. The van der Waals surface area contributed by atoms with Crippen LogP contribution in [-0.2, 0) is 12.8 Å². The van der Waals surface area contributed by atoms with Crippen molar-refractivity contribution in [3.05, 3.63) is 66.1 Å². The largest absolute Gasteiger partial charge is 0.464 e. The Hall–Kier alpha value is -2.95. The highest BCUT2D eigenvalue weighted by atomic mass is 16.3. The minimum absolute atomic E-state index is 0.832. The molecule has 130 valence electrons. The van der Waals surface area contributed by atoms with Crippen LogP contribution in [0.15, 0.2) is 53.5 Å². The van der Waals surface area contributed by atoms with Crippen LogP contribution in [0.3, 0.4) is 0 Å². The predicted octanol–water partition coefficient (Wildman–Crippen LogP) is 4.61. The second-order valence-corrected chi connectivity index (χ2v) is 6.84. The zero-order valence-corrected chi connectivity index (χ0v) is 14.6. The highest BCUT2D eigenvalue weighted by Gasteiger charge is 2.15. The van der Waals surface area contributed by atoms with E-state index in [0.29, 0.717) is 0 Å². The Morgan fingerprint density at radius 1 is 1.12 bits per heavy atom. The summed E-state index contributed by atoms with van der Waals surface area (Å²) < 4.78 is 7.55. The Balaban J connectivity index is 1.47. The van der Waals surface area contributed by atoms with Crippen LogP contribution in [0.1, 0.15) is 42.6 Å². The van der Waals surface area contributed by atoms with Crippen molar-refractivity contribution in [2.24, 2.45) is 0 Å². The van der Waals surface area contributed by atoms with Crippen LogP contribution < -0.4 is 0 Å². The Morgan fingerprint density at radius 3 is 3.04 bits per heavy atom. The second-order valence-electron chi connectivity index (χ2n) is 6.84. The number of fused-ring (bicyclic) bond motifs is 2. The zero-order chi connectivity index (χ0) is 17.3. The maximum Gasteiger partial charge on any atom is 0.171 e. The van der Waals surface area contributed by atoms with Gasteiger partial charge in [-0.05, 0) is 55.4 Å². The van der Waals surface area contributed by atoms with Crippen molar-refractivity contribution in [2.45, 2.75) is 38.5 Å². The van der Waals surface area contributed by atoms with Gasteiger partial charge in [0.25, 0.3) is 0 Å². The van der Waals surface area contributed by atoms with Crippen LogP contribution in [0.5, 0.6) is 0 Å². The predicted molar refractivity (Wildman–Crippen MR) is 101 cm³/mol. The molecule has 0 saturated heterocycles. The topological polar surface area (TPSA) is 56.2 Å². The van der Waals surface area contributed by atoms with Gasteiger partial charge >= 0.3 is 0 Å². The van der Waals surface area contributed by atoms with Crippen LogP contribution in [0.4, 0.5) is 0 Å². The number of nitrogens with zero attached hydrogens (tertiary/aromatic N) is 4. The van der Waals surface area contributed by atoms with Gasteiger partial charge in [0.1, 0.15) is 17.7 Å². The quantitative estimate of drug-likeness (QED) is 0.542. The maximum atomic E-state index is 5.50. The molecule has 5 heteroatoms. The number of furan rings is 1. The van der Waals surface area contributed by atoms with E-state index in [2.05, 4.69) is 22.3 Å². The van der Waals surface area contributed by atoms with Crippen molar-refractivity contribution in [2.75, 3.05) is 0 Å². The van der Waals surface area contributed by atoms with Crippen LogP contribution in [-0.4, -0.2) is 19.6 Å². The smallest absolute Gasteiger partial charge is 0.171 e. The molecule has 1 aromatic carbocycles. The van der Waals surface area contributed by atoms with E-state index in [1.807, 2.05) is 28.8 Å². The summed E-state index contributed by atoms with van der Waals surface area (Å²) in [6.07, 6.45) is 14.3. The lowest BCUT2D eigenvalue weighted by Crippen LogP contribution is -2.05. The summed E-state index contributed by atoms with van der Waals surface area (Å²) >= 11 is 0. The molecule has 0 fully saturated rings. The van der Waals surface area contributed by atoms with Gasteiger partial charge in [0.15, 0.2) is 5.65 Å². The fourth-order valence-corrected chi connectivity index (χ4v) is 3.88. The SMILES string of the molecule is C1=C(c2cnc(CCc3cccc4occc34)n3cnnc23)CCCC1. The average molecular weight is 344 g/mol. The van der Waals surface area contributed by atoms with Gasteiger partial charge in [0.05, 0.1) is 6.26 Å². The van der Waals surface area contributed by atoms with Crippen molar-refractivity contribution >= 4 is 22.2 Å². The molecule has 0 radical (unpaired) electrons. The number of aryl methyl sites for hydroxylation is 2. The molecule has 1 aliphatic carbocycles. The fraction of sp³-hybridized carbons (Fsp3) is 0.286. The molecule has 0 amide bonds. The van der Waals surface area contributed by atoms with Crippen molar-refractivity contribution in [1.82, 2.24) is 19.6 Å². The second kappa shape index (κ2) is 6.41. The molecular weight excluding hydrogens is 324 g/mol.